The molecular formula is C11H14FNO3. The Morgan fingerprint density at radius 2 is 1.88 bits per heavy atom. The number of hydrogen-bond donors (Lipinski definition) is 1. The summed E-state index contributed by atoms with van der Waals surface area (Å²) in [4.78, 5) is 11.5. The lowest BCUT2D eigenvalue weighted by atomic mass is 10.1. The molecule has 1 rings (SSSR count). The van der Waals surface area contributed by atoms with Crippen molar-refractivity contribution in [2.24, 2.45) is 0 Å². The molecule has 88 valence electrons. The number of rotatable bonds is 5. The van der Waals surface area contributed by atoms with Crippen molar-refractivity contribution in [3.63, 3.8) is 0 Å². The highest BCUT2D eigenvalue weighted by atomic mass is 19.1. The summed E-state index contributed by atoms with van der Waals surface area (Å²) < 4.78 is 23.5. The summed E-state index contributed by atoms with van der Waals surface area (Å²) in [5, 5.41) is 2.67. The minimum absolute atomic E-state index is 0.00741. The van der Waals surface area contributed by atoms with Crippen molar-refractivity contribution < 1.29 is 18.7 Å². The number of halogens is 1. The van der Waals surface area contributed by atoms with Crippen LogP contribution in [0, 0.1) is 5.82 Å². The number of carbonyl (C=O) groups excluding carboxylic acids is 1. The molecule has 0 fully saturated rings. The summed E-state index contributed by atoms with van der Waals surface area (Å²) in [6.07, 6.45) is 0. The van der Waals surface area contributed by atoms with Gasteiger partial charge in [0.1, 0.15) is 5.82 Å². The van der Waals surface area contributed by atoms with Gasteiger partial charge >= 0.3 is 0 Å². The number of ketones is 1. The Labute approximate surface area is 93.4 Å². The molecule has 0 unspecified atom stereocenters. The van der Waals surface area contributed by atoms with Gasteiger partial charge in [0.15, 0.2) is 17.3 Å². The molecule has 0 bridgehead atoms. The Balaban J connectivity index is 3.15. The van der Waals surface area contributed by atoms with Gasteiger partial charge in [-0.2, -0.15) is 0 Å². The zero-order valence-corrected chi connectivity index (χ0v) is 9.46. The molecule has 0 saturated carbocycles. The third-order valence-electron chi connectivity index (χ3n) is 2.11. The van der Waals surface area contributed by atoms with Crippen molar-refractivity contribution >= 4 is 5.78 Å². The highest BCUT2D eigenvalue weighted by Crippen LogP contribution is 2.29. The smallest absolute Gasteiger partial charge is 0.179 e. The molecule has 4 nitrogen and oxygen atoms in total. The number of Topliss-reactive ketones (excluding diaryl/α,β-unsaturated/α-hetero) is 1. The van der Waals surface area contributed by atoms with Crippen LogP contribution in [0.3, 0.4) is 0 Å². The minimum atomic E-state index is -0.613. The van der Waals surface area contributed by atoms with E-state index in [-0.39, 0.29) is 23.6 Å². The van der Waals surface area contributed by atoms with E-state index in [0.29, 0.717) is 5.75 Å². The summed E-state index contributed by atoms with van der Waals surface area (Å²) in [6.45, 7) is 0.0758. The van der Waals surface area contributed by atoms with Crippen LogP contribution in [0.2, 0.25) is 0 Å². The first-order valence-corrected chi connectivity index (χ1v) is 4.73. The molecule has 0 radical (unpaired) electrons. The van der Waals surface area contributed by atoms with Crippen molar-refractivity contribution in [1.82, 2.24) is 5.32 Å². The molecule has 0 spiro atoms. The maximum atomic E-state index is 13.5. The van der Waals surface area contributed by atoms with Crippen LogP contribution in [0.5, 0.6) is 11.5 Å². The molecule has 0 saturated heterocycles. The average molecular weight is 227 g/mol. The summed E-state index contributed by atoms with van der Waals surface area (Å²) in [5.41, 5.74) is -0.00741. The molecule has 16 heavy (non-hydrogen) atoms. The van der Waals surface area contributed by atoms with Crippen LogP contribution in [-0.2, 0) is 0 Å². The van der Waals surface area contributed by atoms with Gasteiger partial charge in [0.25, 0.3) is 0 Å². The summed E-state index contributed by atoms with van der Waals surface area (Å²) in [7, 11) is 4.46. The number of carbonyl (C=O) groups is 1. The summed E-state index contributed by atoms with van der Waals surface area (Å²) in [5.74, 6) is -0.344. The lowest BCUT2D eigenvalue weighted by molar-refractivity contribution is 0.0989. The third-order valence-corrected chi connectivity index (χ3v) is 2.11. The second kappa shape index (κ2) is 5.46. The van der Waals surface area contributed by atoms with Crippen molar-refractivity contribution in [1.29, 1.82) is 0 Å². The molecule has 5 heteroatoms. The zero-order valence-electron chi connectivity index (χ0n) is 9.46. The van der Waals surface area contributed by atoms with E-state index in [4.69, 9.17) is 9.47 Å². The monoisotopic (exact) mass is 227 g/mol. The van der Waals surface area contributed by atoms with Crippen molar-refractivity contribution in [2.75, 3.05) is 27.8 Å². The van der Waals surface area contributed by atoms with Gasteiger partial charge in [-0.3, -0.25) is 4.79 Å². The Hall–Kier alpha value is -1.62. The van der Waals surface area contributed by atoms with Gasteiger partial charge in [0, 0.05) is 6.07 Å². The van der Waals surface area contributed by atoms with Gasteiger partial charge in [-0.05, 0) is 13.1 Å². The molecular weight excluding hydrogens is 213 g/mol. The van der Waals surface area contributed by atoms with Crippen LogP contribution in [0.4, 0.5) is 4.39 Å². The first-order chi connectivity index (χ1) is 7.63. The topological polar surface area (TPSA) is 47.6 Å². The Morgan fingerprint density at radius 1 is 1.31 bits per heavy atom. The van der Waals surface area contributed by atoms with E-state index in [2.05, 4.69) is 5.32 Å². The summed E-state index contributed by atoms with van der Waals surface area (Å²) >= 11 is 0. The highest BCUT2D eigenvalue weighted by Gasteiger charge is 2.16. The first-order valence-electron chi connectivity index (χ1n) is 4.73. The second-order valence-electron chi connectivity index (χ2n) is 3.14. The normalized spacial score (nSPS) is 10.0. The third kappa shape index (κ3) is 2.49. The van der Waals surface area contributed by atoms with E-state index < -0.39 is 5.82 Å². The average Bonchev–Trinajstić information content (AvgIpc) is 2.28. The number of ether oxygens (including phenoxy) is 2. The molecule has 0 atom stereocenters. The maximum absolute atomic E-state index is 13.5. The second-order valence-corrected chi connectivity index (χ2v) is 3.14. The van der Waals surface area contributed by atoms with Crippen LogP contribution >= 0.6 is 0 Å². The number of methoxy groups -OCH3 is 2. The number of nitrogens with one attached hydrogen (secondary N) is 1. The molecule has 1 N–H and O–H groups in total. The van der Waals surface area contributed by atoms with E-state index in [1.54, 1.807) is 7.05 Å². The van der Waals surface area contributed by atoms with Gasteiger partial charge in [0.05, 0.1) is 26.3 Å². The van der Waals surface area contributed by atoms with Crippen LogP contribution in [0.25, 0.3) is 0 Å². The number of benzene rings is 1. The standard InChI is InChI=1S/C11H14FNO3/c1-13-6-9(14)7-4-10(15-2)11(16-3)5-8(7)12/h4-5,13H,6H2,1-3H3. The van der Waals surface area contributed by atoms with Crippen LogP contribution in [0.15, 0.2) is 12.1 Å². The van der Waals surface area contributed by atoms with E-state index in [0.717, 1.165) is 6.07 Å². The predicted molar refractivity (Wildman–Crippen MR) is 57.8 cm³/mol. The SMILES string of the molecule is CNCC(=O)c1cc(OC)c(OC)cc1F. The van der Waals surface area contributed by atoms with Crippen molar-refractivity contribution in [3.05, 3.63) is 23.5 Å². The largest absolute Gasteiger partial charge is 0.493 e. The van der Waals surface area contributed by atoms with Crippen LogP contribution < -0.4 is 14.8 Å². The number of likely N-dealkylation sites (N-methyl/N-ethyl adjacent to an activating group) is 1. The van der Waals surface area contributed by atoms with E-state index in [1.807, 2.05) is 0 Å². The van der Waals surface area contributed by atoms with Gasteiger partial charge in [-0.1, -0.05) is 0 Å². The van der Waals surface area contributed by atoms with Crippen LogP contribution in [0.1, 0.15) is 10.4 Å². The van der Waals surface area contributed by atoms with Gasteiger partial charge in [-0.25, -0.2) is 4.39 Å². The quantitative estimate of drug-likeness (QED) is 0.769. The lowest BCUT2D eigenvalue weighted by Gasteiger charge is -2.10. The molecule has 0 heterocycles. The Kier molecular flexibility index (Phi) is 4.25. The fraction of sp³-hybridized carbons (Fsp3) is 0.364. The molecule has 0 aromatic heterocycles. The van der Waals surface area contributed by atoms with Crippen molar-refractivity contribution in [3.8, 4) is 11.5 Å². The maximum Gasteiger partial charge on any atom is 0.179 e. The van der Waals surface area contributed by atoms with E-state index in [1.165, 1.54) is 20.3 Å². The zero-order chi connectivity index (χ0) is 12.1. The molecule has 0 amide bonds. The molecule has 0 aliphatic heterocycles. The number of hydrogen-bond acceptors (Lipinski definition) is 4. The van der Waals surface area contributed by atoms with Gasteiger partial charge in [-0.15, -0.1) is 0 Å². The molecule has 1 aromatic rings. The first kappa shape index (κ1) is 12.4. The van der Waals surface area contributed by atoms with Crippen LogP contribution in [-0.4, -0.2) is 33.6 Å². The van der Waals surface area contributed by atoms with E-state index >= 15 is 0 Å². The predicted octanol–water partition coefficient (Wildman–Crippen LogP) is 1.25. The van der Waals surface area contributed by atoms with Gasteiger partial charge < -0.3 is 14.8 Å². The molecule has 0 aliphatic rings. The fourth-order valence-electron chi connectivity index (χ4n) is 1.32. The molecule has 0 aliphatic carbocycles. The minimum Gasteiger partial charge on any atom is -0.493 e. The van der Waals surface area contributed by atoms with Gasteiger partial charge in [0.2, 0.25) is 0 Å². The summed E-state index contributed by atoms with van der Waals surface area (Å²) in [6, 6.07) is 2.48. The Bertz CT molecular complexity index is 393. The highest BCUT2D eigenvalue weighted by molar-refractivity contribution is 5.98. The lowest BCUT2D eigenvalue weighted by Crippen LogP contribution is -2.19. The fourth-order valence-corrected chi connectivity index (χ4v) is 1.32. The van der Waals surface area contributed by atoms with Crippen molar-refractivity contribution in [2.45, 2.75) is 0 Å². The van der Waals surface area contributed by atoms with E-state index in [9.17, 15) is 9.18 Å². The Morgan fingerprint density at radius 3 is 2.38 bits per heavy atom. The molecule has 1 aromatic carbocycles.